The van der Waals surface area contributed by atoms with E-state index in [1.165, 1.54) is 0 Å². The fourth-order valence-electron chi connectivity index (χ4n) is 1.75. The minimum Gasteiger partial charge on any atom is -0.497 e. The molecule has 0 aliphatic carbocycles. The van der Waals surface area contributed by atoms with Crippen LogP contribution in [0.25, 0.3) is 0 Å². The van der Waals surface area contributed by atoms with E-state index in [1.54, 1.807) is 14.2 Å². The topological polar surface area (TPSA) is 18.5 Å². The van der Waals surface area contributed by atoms with Crippen LogP contribution in [0.4, 0.5) is 0 Å². The Kier molecular flexibility index (Phi) is 4.94. The largest absolute Gasteiger partial charge is 0.497 e. The molecule has 0 bridgehead atoms. The molecule has 0 aliphatic heterocycles. The van der Waals surface area contributed by atoms with Crippen LogP contribution in [-0.4, -0.2) is 20.1 Å². The second-order valence-electron chi connectivity index (χ2n) is 4.11. The molecule has 0 spiro atoms. The van der Waals surface area contributed by atoms with Crippen LogP contribution in [0.15, 0.2) is 18.2 Å². The van der Waals surface area contributed by atoms with E-state index in [-0.39, 0.29) is 0 Å². The molecule has 0 fully saturated rings. The van der Waals surface area contributed by atoms with Crippen molar-refractivity contribution in [3.05, 3.63) is 23.8 Å². The lowest BCUT2D eigenvalue weighted by Gasteiger charge is -2.21. The summed E-state index contributed by atoms with van der Waals surface area (Å²) >= 11 is 6.01. The molecule has 1 rings (SSSR count). The molecule has 0 saturated carbocycles. The molecule has 1 aromatic carbocycles. The van der Waals surface area contributed by atoms with Crippen LogP contribution < -0.4 is 9.47 Å². The molecule has 0 aliphatic rings. The highest BCUT2D eigenvalue weighted by atomic mass is 35.5. The van der Waals surface area contributed by atoms with Crippen molar-refractivity contribution in [3.8, 4) is 11.5 Å². The van der Waals surface area contributed by atoms with Crippen molar-refractivity contribution in [3.63, 3.8) is 0 Å². The summed E-state index contributed by atoms with van der Waals surface area (Å²) in [7, 11) is 3.32. The average molecular weight is 243 g/mol. The molecular weight excluding hydrogens is 224 g/mol. The molecule has 1 unspecified atom stereocenters. The van der Waals surface area contributed by atoms with E-state index in [2.05, 4.69) is 13.8 Å². The lowest BCUT2D eigenvalue weighted by atomic mass is 9.89. The summed E-state index contributed by atoms with van der Waals surface area (Å²) in [5, 5.41) is 0. The quantitative estimate of drug-likeness (QED) is 0.734. The molecule has 0 heterocycles. The molecule has 0 saturated heterocycles. The van der Waals surface area contributed by atoms with Gasteiger partial charge in [-0.2, -0.15) is 0 Å². The standard InChI is InChI=1S/C13H19ClO2/c1-9(2)12(8-14)11-6-5-10(15-3)7-13(11)16-4/h5-7,9,12H,8H2,1-4H3. The Bertz CT molecular complexity index is 337. The van der Waals surface area contributed by atoms with Crippen LogP contribution in [0.5, 0.6) is 11.5 Å². The van der Waals surface area contributed by atoms with Crippen molar-refractivity contribution in [1.82, 2.24) is 0 Å². The van der Waals surface area contributed by atoms with Gasteiger partial charge in [-0.05, 0) is 17.5 Å². The molecule has 1 aromatic rings. The normalized spacial score (nSPS) is 12.6. The fraction of sp³-hybridized carbons (Fsp3) is 0.538. The number of methoxy groups -OCH3 is 2. The summed E-state index contributed by atoms with van der Waals surface area (Å²) in [4.78, 5) is 0. The number of rotatable bonds is 5. The summed E-state index contributed by atoms with van der Waals surface area (Å²) < 4.78 is 10.6. The summed E-state index contributed by atoms with van der Waals surface area (Å²) in [6.45, 7) is 4.33. The van der Waals surface area contributed by atoms with Gasteiger partial charge in [-0.25, -0.2) is 0 Å². The van der Waals surface area contributed by atoms with E-state index >= 15 is 0 Å². The lowest BCUT2D eigenvalue weighted by molar-refractivity contribution is 0.384. The first-order chi connectivity index (χ1) is 7.63. The molecule has 1 atom stereocenters. The zero-order valence-electron chi connectivity index (χ0n) is 10.3. The van der Waals surface area contributed by atoms with Crippen LogP contribution in [0.1, 0.15) is 25.3 Å². The van der Waals surface area contributed by atoms with E-state index < -0.39 is 0 Å². The van der Waals surface area contributed by atoms with Crippen LogP contribution in [-0.2, 0) is 0 Å². The van der Waals surface area contributed by atoms with Gasteiger partial charge in [-0.3, -0.25) is 0 Å². The fourth-order valence-corrected chi connectivity index (χ4v) is 2.27. The first-order valence-corrected chi connectivity index (χ1v) is 5.95. The second-order valence-corrected chi connectivity index (χ2v) is 4.42. The smallest absolute Gasteiger partial charge is 0.126 e. The Balaban J connectivity index is 3.11. The van der Waals surface area contributed by atoms with Crippen molar-refractivity contribution in [2.24, 2.45) is 5.92 Å². The predicted octanol–water partition coefficient (Wildman–Crippen LogP) is 3.68. The van der Waals surface area contributed by atoms with Gasteiger partial charge in [-0.1, -0.05) is 19.9 Å². The SMILES string of the molecule is COc1ccc(C(CCl)C(C)C)c(OC)c1. The van der Waals surface area contributed by atoms with Gasteiger partial charge >= 0.3 is 0 Å². The molecule has 0 radical (unpaired) electrons. The zero-order chi connectivity index (χ0) is 12.1. The maximum absolute atomic E-state index is 6.01. The van der Waals surface area contributed by atoms with Gasteiger partial charge in [0.05, 0.1) is 14.2 Å². The number of benzene rings is 1. The third-order valence-electron chi connectivity index (χ3n) is 2.81. The van der Waals surface area contributed by atoms with Gasteiger partial charge in [0.15, 0.2) is 0 Å². The van der Waals surface area contributed by atoms with Gasteiger partial charge in [0, 0.05) is 17.9 Å². The van der Waals surface area contributed by atoms with Gasteiger partial charge in [0.25, 0.3) is 0 Å². The molecule has 0 N–H and O–H groups in total. The Labute approximate surface area is 103 Å². The number of ether oxygens (including phenoxy) is 2. The average Bonchev–Trinajstić information content (AvgIpc) is 2.29. The third kappa shape index (κ3) is 2.82. The molecule has 0 aromatic heterocycles. The second kappa shape index (κ2) is 6.00. The summed E-state index contributed by atoms with van der Waals surface area (Å²) in [6, 6.07) is 5.88. The van der Waals surface area contributed by atoms with Crippen molar-refractivity contribution in [2.75, 3.05) is 20.1 Å². The Morgan fingerprint density at radius 1 is 1.19 bits per heavy atom. The Morgan fingerprint density at radius 2 is 1.88 bits per heavy atom. The van der Waals surface area contributed by atoms with Crippen LogP contribution >= 0.6 is 11.6 Å². The van der Waals surface area contributed by atoms with Gasteiger partial charge in [0.2, 0.25) is 0 Å². The van der Waals surface area contributed by atoms with Crippen molar-refractivity contribution in [1.29, 1.82) is 0 Å². The van der Waals surface area contributed by atoms with E-state index in [4.69, 9.17) is 21.1 Å². The lowest BCUT2D eigenvalue weighted by Crippen LogP contribution is -2.10. The third-order valence-corrected chi connectivity index (χ3v) is 3.14. The van der Waals surface area contributed by atoms with Gasteiger partial charge < -0.3 is 9.47 Å². The highest BCUT2D eigenvalue weighted by Gasteiger charge is 2.19. The number of alkyl halides is 1. The van der Waals surface area contributed by atoms with E-state index in [0.29, 0.717) is 17.7 Å². The molecule has 16 heavy (non-hydrogen) atoms. The Hall–Kier alpha value is -0.890. The predicted molar refractivity (Wildman–Crippen MR) is 67.8 cm³/mol. The van der Waals surface area contributed by atoms with E-state index in [0.717, 1.165) is 17.1 Å². The van der Waals surface area contributed by atoms with E-state index in [1.807, 2.05) is 18.2 Å². The van der Waals surface area contributed by atoms with Crippen LogP contribution in [0.2, 0.25) is 0 Å². The van der Waals surface area contributed by atoms with Gasteiger partial charge in [0.1, 0.15) is 11.5 Å². The molecule has 0 amide bonds. The van der Waals surface area contributed by atoms with Crippen molar-refractivity contribution >= 4 is 11.6 Å². The molecule has 2 nitrogen and oxygen atoms in total. The maximum atomic E-state index is 6.01. The van der Waals surface area contributed by atoms with Crippen molar-refractivity contribution in [2.45, 2.75) is 19.8 Å². The zero-order valence-corrected chi connectivity index (χ0v) is 11.0. The van der Waals surface area contributed by atoms with Crippen LogP contribution in [0, 0.1) is 5.92 Å². The van der Waals surface area contributed by atoms with E-state index in [9.17, 15) is 0 Å². The van der Waals surface area contributed by atoms with Crippen molar-refractivity contribution < 1.29 is 9.47 Å². The monoisotopic (exact) mass is 242 g/mol. The number of halogens is 1. The highest BCUT2D eigenvalue weighted by molar-refractivity contribution is 6.18. The first kappa shape index (κ1) is 13.2. The number of hydrogen-bond acceptors (Lipinski definition) is 2. The number of hydrogen-bond donors (Lipinski definition) is 0. The summed E-state index contributed by atoms with van der Waals surface area (Å²) in [5.74, 6) is 3.04. The van der Waals surface area contributed by atoms with Crippen LogP contribution in [0.3, 0.4) is 0 Å². The van der Waals surface area contributed by atoms with Gasteiger partial charge in [-0.15, -0.1) is 11.6 Å². The highest BCUT2D eigenvalue weighted by Crippen LogP contribution is 2.35. The Morgan fingerprint density at radius 3 is 2.31 bits per heavy atom. The summed E-state index contributed by atoms with van der Waals surface area (Å²) in [6.07, 6.45) is 0. The molecular formula is C13H19ClO2. The first-order valence-electron chi connectivity index (χ1n) is 5.41. The minimum atomic E-state index is 0.308. The molecule has 90 valence electrons. The minimum absolute atomic E-state index is 0.308. The summed E-state index contributed by atoms with van der Waals surface area (Å²) in [5.41, 5.74) is 1.15. The molecule has 3 heteroatoms. The maximum Gasteiger partial charge on any atom is 0.126 e.